The first-order valence-corrected chi connectivity index (χ1v) is 7.42. The van der Waals surface area contributed by atoms with E-state index < -0.39 is 0 Å². The van der Waals surface area contributed by atoms with Crippen LogP contribution in [-0.4, -0.2) is 15.7 Å². The minimum absolute atomic E-state index is 0.138. The van der Waals surface area contributed by atoms with E-state index in [2.05, 4.69) is 18.6 Å². The molecule has 0 unspecified atom stereocenters. The lowest BCUT2D eigenvalue weighted by Crippen LogP contribution is -2.14. The molecule has 0 amide bonds. The number of nitrogens with zero attached hydrogens (tertiary/aromatic N) is 2. The van der Waals surface area contributed by atoms with E-state index in [9.17, 15) is 4.79 Å². The van der Waals surface area contributed by atoms with Crippen molar-refractivity contribution in [1.82, 2.24) is 9.78 Å². The molecule has 0 aliphatic heterocycles. The smallest absolute Gasteiger partial charge is 0.267 e. The summed E-state index contributed by atoms with van der Waals surface area (Å²) in [5.74, 6) is -0.138. The van der Waals surface area contributed by atoms with Crippen LogP contribution in [0.15, 0.2) is 42.5 Å². The highest BCUT2D eigenvalue weighted by atomic mass is 32.1. The van der Waals surface area contributed by atoms with Crippen LogP contribution < -0.4 is 0 Å². The first-order valence-electron chi connectivity index (χ1n) is 6.60. The van der Waals surface area contributed by atoms with Gasteiger partial charge >= 0.3 is 0 Å². The summed E-state index contributed by atoms with van der Waals surface area (Å²) in [7, 11) is 0. The molecule has 0 saturated heterocycles. The molecule has 0 atom stereocenters. The zero-order valence-electron chi connectivity index (χ0n) is 12.0. The topological polar surface area (TPSA) is 34.9 Å². The minimum atomic E-state index is -0.138. The van der Waals surface area contributed by atoms with Crippen molar-refractivity contribution in [3.63, 3.8) is 0 Å². The molecule has 20 heavy (non-hydrogen) atoms. The Morgan fingerprint density at radius 2 is 2.30 bits per heavy atom. The van der Waals surface area contributed by atoms with Crippen LogP contribution in [0.1, 0.15) is 29.2 Å². The maximum absolute atomic E-state index is 12.6. The van der Waals surface area contributed by atoms with Crippen LogP contribution in [0.2, 0.25) is 0 Å². The van der Waals surface area contributed by atoms with E-state index in [1.807, 2.05) is 32.1 Å². The molecule has 0 aliphatic carbocycles. The van der Waals surface area contributed by atoms with Gasteiger partial charge in [0.1, 0.15) is 0 Å². The second kappa shape index (κ2) is 6.01. The second-order valence-electron chi connectivity index (χ2n) is 4.44. The highest BCUT2D eigenvalue weighted by Gasteiger charge is 2.18. The number of aryl methyl sites for hydroxylation is 2. The zero-order chi connectivity index (χ0) is 14.7. The number of hydrogen-bond acceptors (Lipinski definition) is 3. The van der Waals surface area contributed by atoms with Gasteiger partial charge in [-0.1, -0.05) is 31.7 Å². The second-order valence-corrected chi connectivity index (χ2v) is 5.70. The van der Waals surface area contributed by atoms with E-state index >= 15 is 0 Å². The Kier molecular flexibility index (Phi) is 4.35. The van der Waals surface area contributed by atoms with Crippen molar-refractivity contribution in [1.29, 1.82) is 0 Å². The van der Waals surface area contributed by atoms with Crippen LogP contribution in [0.3, 0.4) is 0 Å². The highest BCUT2D eigenvalue weighted by Crippen LogP contribution is 2.29. The molecule has 4 heteroatoms. The van der Waals surface area contributed by atoms with Crippen molar-refractivity contribution in [2.24, 2.45) is 0 Å². The van der Waals surface area contributed by atoms with Crippen molar-refractivity contribution in [2.75, 3.05) is 0 Å². The van der Waals surface area contributed by atoms with Gasteiger partial charge < -0.3 is 0 Å². The van der Waals surface area contributed by atoms with Crippen LogP contribution in [0.5, 0.6) is 0 Å². The van der Waals surface area contributed by atoms with Crippen molar-refractivity contribution in [3.05, 3.63) is 53.1 Å². The van der Waals surface area contributed by atoms with Crippen LogP contribution in [0.4, 0.5) is 0 Å². The molecule has 2 rings (SSSR count). The predicted molar refractivity (Wildman–Crippen MR) is 85.4 cm³/mol. The van der Waals surface area contributed by atoms with Crippen molar-refractivity contribution in [2.45, 2.75) is 27.2 Å². The molecule has 0 fully saturated rings. The lowest BCUT2D eigenvalue weighted by Gasteiger charge is -2.01. The Bertz CT molecular complexity index is 716. The molecule has 0 spiro atoms. The van der Waals surface area contributed by atoms with Gasteiger partial charge in [-0.2, -0.15) is 9.78 Å². The number of rotatable bonds is 4. The maximum atomic E-state index is 12.6. The van der Waals surface area contributed by atoms with E-state index in [1.54, 1.807) is 23.5 Å². The van der Waals surface area contributed by atoms with Gasteiger partial charge in [0.2, 0.25) is 0 Å². The summed E-state index contributed by atoms with van der Waals surface area (Å²) in [6.07, 6.45) is 7.85. The summed E-state index contributed by atoms with van der Waals surface area (Å²) in [6.45, 7) is 9.72. The monoisotopic (exact) mass is 286 g/mol. The molecule has 0 bridgehead atoms. The normalized spacial score (nSPS) is 12.4. The van der Waals surface area contributed by atoms with E-state index in [1.165, 1.54) is 9.56 Å². The Morgan fingerprint density at radius 3 is 2.90 bits per heavy atom. The number of hydrogen-bond donors (Lipinski definition) is 0. The summed E-state index contributed by atoms with van der Waals surface area (Å²) in [6, 6.07) is 2.01. The molecule has 0 radical (unpaired) electrons. The summed E-state index contributed by atoms with van der Waals surface area (Å²) in [5.41, 5.74) is 2.41. The first-order chi connectivity index (χ1) is 9.62. The highest BCUT2D eigenvalue weighted by molar-refractivity contribution is 7.19. The van der Waals surface area contributed by atoms with Gasteiger partial charge in [0, 0.05) is 10.5 Å². The lowest BCUT2D eigenvalue weighted by molar-refractivity contribution is 0.0949. The quantitative estimate of drug-likeness (QED) is 0.620. The minimum Gasteiger partial charge on any atom is -0.267 e. The van der Waals surface area contributed by atoms with E-state index in [4.69, 9.17) is 0 Å². The molecule has 104 valence electrons. The fraction of sp³-hybridized carbons (Fsp3) is 0.250. The largest absolute Gasteiger partial charge is 0.278 e. The Morgan fingerprint density at radius 1 is 1.55 bits per heavy atom. The fourth-order valence-corrected chi connectivity index (χ4v) is 3.07. The van der Waals surface area contributed by atoms with Crippen molar-refractivity contribution in [3.8, 4) is 0 Å². The van der Waals surface area contributed by atoms with Gasteiger partial charge in [0.05, 0.1) is 15.9 Å². The average Bonchev–Trinajstić information content (AvgIpc) is 2.96. The number of carbonyl (C=O) groups is 1. The van der Waals surface area contributed by atoms with Gasteiger partial charge in [-0.3, -0.25) is 4.79 Å². The third-order valence-electron chi connectivity index (χ3n) is 3.01. The maximum Gasteiger partial charge on any atom is 0.278 e. The molecule has 2 aromatic rings. The molecule has 3 nitrogen and oxygen atoms in total. The lowest BCUT2D eigenvalue weighted by atomic mass is 10.2. The summed E-state index contributed by atoms with van der Waals surface area (Å²) >= 11 is 1.68. The van der Waals surface area contributed by atoms with Crippen LogP contribution in [0.25, 0.3) is 10.2 Å². The first kappa shape index (κ1) is 14.5. The summed E-state index contributed by atoms with van der Waals surface area (Å²) in [5, 5.41) is 4.45. The molecule has 2 aromatic heterocycles. The van der Waals surface area contributed by atoms with Crippen molar-refractivity contribution >= 4 is 27.5 Å². The van der Waals surface area contributed by atoms with Crippen LogP contribution in [0, 0.1) is 6.92 Å². The van der Waals surface area contributed by atoms with Gasteiger partial charge in [-0.05, 0) is 32.4 Å². The summed E-state index contributed by atoms with van der Waals surface area (Å²) in [4.78, 5) is 13.8. The number of aromatic nitrogens is 2. The van der Waals surface area contributed by atoms with E-state index in [-0.39, 0.29) is 5.91 Å². The Hall–Kier alpha value is -1.94. The van der Waals surface area contributed by atoms with Crippen LogP contribution in [-0.2, 0) is 6.42 Å². The van der Waals surface area contributed by atoms with Crippen LogP contribution >= 0.6 is 11.3 Å². The number of thiophene rings is 1. The van der Waals surface area contributed by atoms with Crippen molar-refractivity contribution < 1.29 is 4.79 Å². The average molecular weight is 286 g/mol. The fourth-order valence-electron chi connectivity index (χ4n) is 2.02. The predicted octanol–water partition coefficient (Wildman–Crippen LogP) is 4.30. The third-order valence-corrected chi connectivity index (χ3v) is 4.10. The molecule has 0 aromatic carbocycles. The number of carbonyl (C=O) groups excluding carboxylic acids is 1. The molecule has 2 heterocycles. The molecular formula is C16H18N2OS. The standard InChI is InChI=1S/C16H18N2OS/c1-5-8-9-12(6-2)16(19)18-14-10-11(4)20-15(14)13(7-3)17-18/h5-6,8-10H,2,7H2,1,3-4H3. The number of allylic oxidation sites excluding steroid dienone is 5. The van der Waals surface area contributed by atoms with Gasteiger partial charge in [-0.25, -0.2) is 0 Å². The molecule has 0 saturated carbocycles. The van der Waals surface area contributed by atoms with Gasteiger partial charge in [0.25, 0.3) is 5.91 Å². The van der Waals surface area contributed by atoms with E-state index in [0.717, 1.165) is 22.3 Å². The summed E-state index contributed by atoms with van der Waals surface area (Å²) < 4.78 is 2.60. The molecular weight excluding hydrogens is 268 g/mol. The van der Waals surface area contributed by atoms with Gasteiger partial charge in [0.15, 0.2) is 0 Å². The third kappa shape index (κ3) is 2.51. The molecule has 0 N–H and O–H groups in total. The Balaban J connectivity index is 2.57. The zero-order valence-corrected chi connectivity index (χ0v) is 12.8. The molecule has 0 aliphatic rings. The van der Waals surface area contributed by atoms with Gasteiger partial charge in [-0.15, -0.1) is 11.3 Å². The SMILES string of the molecule is C=CC(=CC=CC)C(=O)n1nc(CC)c2sc(C)cc21. The Labute approximate surface area is 122 Å². The van der Waals surface area contributed by atoms with E-state index in [0.29, 0.717) is 5.57 Å². The number of fused-ring (bicyclic) bond motifs is 1.